The topological polar surface area (TPSA) is 28.2 Å². The molecule has 1 aliphatic rings. The van der Waals surface area contributed by atoms with Crippen LogP contribution in [0.5, 0.6) is 0 Å². The predicted molar refractivity (Wildman–Crippen MR) is 62.9 cm³/mol. The molecular formula is C10H14BrN3. The number of fused-ring (bicyclic) bond motifs is 1. The van der Waals surface area contributed by atoms with Gasteiger partial charge in [0, 0.05) is 25.8 Å². The molecule has 1 N–H and O–H groups in total. The van der Waals surface area contributed by atoms with E-state index in [9.17, 15) is 0 Å². The predicted octanol–water partition coefficient (Wildman–Crippen LogP) is 2.48. The summed E-state index contributed by atoms with van der Waals surface area (Å²) in [5.74, 6) is 0. The largest absolute Gasteiger partial charge is 0.380 e. The molecule has 1 aromatic heterocycles. The van der Waals surface area contributed by atoms with Gasteiger partial charge in [-0.15, -0.1) is 0 Å². The van der Waals surface area contributed by atoms with Gasteiger partial charge in [0.15, 0.2) is 0 Å². The fraction of sp³-hybridized carbons (Fsp3) is 0.500. The summed E-state index contributed by atoms with van der Waals surface area (Å²) in [6.07, 6.45) is 4.87. The van der Waals surface area contributed by atoms with Crippen molar-refractivity contribution in [2.45, 2.75) is 19.4 Å². The monoisotopic (exact) mass is 255 g/mol. The van der Waals surface area contributed by atoms with Crippen molar-refractivity contribution in [2.75, 3.05) is 23.8 Å². The van der Waals surface area contributed by atoms with Gasteiger partial charge in [-0.3, -0.25) is 4.98 Å². The fourth-order valence-corrected chi connectivity index (χ4v) is 2.49. The van der Waals surface area contributed by atoms with E-state index in [-0.39, 0.29) is 0 Å². The van der Waals surface area contributed by atoms with Crippen LogP contribution < -0.4 is 10.2 Å². The zero-order valence-electron chi connectivity index (χ0n) is 8.42. The zero-order valence-corrected chi connectivity index (χ0v) is 10.0. The van der Waals surface area contributed by atoms with Gasteiger partial charge < -0.3 is 10.2 Å². The van der Waals surface area contributed by atoms with Crippen molar-refractivity contribution in [1.29, 1.82) is 0 Å². The molecule has 1 atom stereocenters. The smallest absolute Gasteiger partial charge is 0.0778 e. The number of hydrogen-bond donors (Lipinski definition) is 1. The van der Waals surface area contributed by atoms with Crippen LogP contribution in [0.3, 0.4) is 0 Å². The number of likely N-dealkylation sites (N-methyl/N-ethyl adjacent to an activating group) is 1. The molecule has 1 aliphatic heterocycles. The average Bonchev–Trinajstić information content (AvgIpc) is 2.18. The maximum absolute atomic E-state index is 4.15. The molecule has 0 fully saturated rings. The number of anilines is 2. The number of halogens is 1. The lowest BCUT2D eigenvalue weighted by Gasteiger charge is -2.36. The van der Waals surface area contributed by atoms with Crippen molar-refractivity contribution < 1.29 is 0 Å². The highest BCUT2D eigenvalue weighted by atomic mass is 79.9. The SMILES string of the molecule is CCC1CNc2cncc(Br)c2N1C. The van der Waals surface area contributed by atoms with Crippen molar-refractivity contribution in [3.8, 4) is 0 Å². The second kappa shape index (κ2) is 3.77. The molecule has 2 rings (SSSR count). The Balaban J connectivity index is 2.43. The lowest BCUT2D eigenvalue weighted by Crippen LogP contribution is -2.41. The third-order valence-electron chi connectivity index (χ3n) is 2.77. The van der Waals surface area contributed by atoms with E-state index in [0.717, 1.165) is 23.1 Å². The van der Waals surface area contributed by atoms with Crippen molar-refractivity contribution in [1.82, 2.24) is 4.98 Å². The van der Waals surface area contributed by atoms with E-state index in [1.165, 1.54) is 5.69 Å². The first-order valence-electron chi connectivity index (χ1n) is 4.84. The van der Waals surface area contributed by atoms with Crippen LogP contribution in [-0.4, -0.2) is 24.6 Å². The van der Waals surface area contributed by atoms with E-state index >= 15 is 0 Å². The molecule has 0 spiro atoms. The summed E-state index contributed by atoms with van der Waals surface area (Å²) in [4.78, 5) is 6.46. The molecule has 0 saturated carbocycles. The molecule has 14 heavy (non-hydrogen) atoms. The van der Waals surface area contributed by atoms with Gasteiger partial charge in [-0.05, 0) is 22.4 Å². The number of hydrogen-bond acceptors (Lipinski definition) is 3. The second-order valence-corrected chi connectivity index (χ2v) is 4.43. The first-order chi connectivity index (χ1) is 6.74. The average molecular weight is 256 g/mol. The normalized spacial score (nSPS) is 20.2. The van der Waals surface area contributed by atoms with E-state index in [1.54, 1.807) is 0 Å². The maximum Gasteiger partial charge on any atom is 0.0778 e. The van der Waals surface area contributed by atoms with E-state index in [4.69, 9.17) is 0 Å². The Bertz CT molecular complexity index is 340. The van der Waals surface area contributed by atoms with Gasteiger partial charge in [0.1, 0.15) is 0 Å². The van der Waals surface area contributed by atoms with Gasteiger partial charge in [-0.2, -0.15) is 0 Å². The van der Waals surface area contributed by atoms with Crippen LogP contribution in [0.1, 0.15) is 13.3 Å². The highest BCUT2D eigenvalue weighted by Crippen LogP contribution is 2.36. The number of rotatable bonds is 1. The highest BCUT2D eigenvalue weighted by molar-refractivity contribution is 9.10. The van der Waals surface area contributed by atoms with Gasteiger partial charge in [0.05, 0.1) is 22.0 Å². The number of aromatic nitrogens is 1. The van der Waals surface area contributed by atoms with Crippen molar-refractivity contribution in [3.05, 3.63) is 16.9 Å². The van der Waals surface area contributed by atoms with Crippen LogP contribution in [0.2, 0.25) is 0 Å². The minimum atomic E-state index is 0.571. The first-order valence-corrected chi connectivity index (χ1v) is 5.63. The highest BCUT2D eigenvalue weighted by Gasteiger charge is 2.23. The molecule has 76 valence electrons. The summed E-state index contributed by atoms with van der Waals surface area (Å²) in [6, 6.07) is 0.571. The molecule has 2 heterocycles. The third kappa shape index (κ3) is 1.47. The van der Waals surface area contributed by atoms with Gasteiger partial charge in [0.2, 0.25) is 0 Å². The van der Waals surface area contributed by atoms with Crippen molar-refractivity contribution >= 4 is 27.3 Å². The van der Waals surface area contributed by atoms with E-state index in [0.29, 0.717) is 6.04 Å². The molecule has 4 heteroatoms. The van der Waals surface area contributed by atoms with Crippen LogP contribution in [0.15, 0.2) is 16.9 Å². The summed E-state index contributed by atoms with van der Waals surface area (Å²) in [6.45, 7) is 3.21. The Kier molecular flexibility index (Phi) is 2.63. The quantitative estimate of drug-likeness (QED) is 0.836. The van der Waals surface area contributed by atoms with Crippen LogP contribution in [0, 0.1) is 0 Å². The Morgan fingerprint density at radius 3 is 3.14 bits per heavy atom. The Labute approximate surface area is 92.6 Å². The van der Waals surface area contributed by atoms with Crippen LogP contribution >= 0.6 is 15.9 Å². The van der Waals surface area contributed by atoms with Crippen LogP contribution in [-0.2, 0) is 0 Å². The van der Waals surface area contributed by atoms with Crippen LogP contribution in [0.25, 0.3) is 0 Å². The maximum atomic E-state index is 4.15. The Hall–Kier alpha value is -0.770. The molecule has 1 aromatic rings. The molecule has 0 bridgehead atoms. The van der Waals surface area contributed by atoms with Gasteiger partial charge in [-0.1, -0.05) is 6.92 Å². The number of pyridine rings is 1. The number of nitrogens with one attached hydrogen (secondary N) is 1. The third-order valence-corrected chi connectivity index (χ3v) is 3.35. The Morgan fingerprint density at radius 2 is 2.43 bits per heavy atom. The summed E-state index contributed by atoms with van der Waals surface area (Å²) in [7, 11) is 2.14. The first kappa shape index (κ1) is 9.77. The molecule has 3 nitrogen and oxygen atoms in total. The lowest BCUT2D eigenvalue weighted by molar-refractivity contribution is 0.621. The van der Waals surface area contributed by atoms with E-state index in [1.807, 2.05) is 12.4 Å². The van der Waals surface area contributed by atoms with E-state index < -0.39 is 0 Å². The van der Waals surface area contributed by atoms with Gasteiger partial charge in [0.25, 0.3) is 0 Å². The molecule has 0 amide bonds. The molecule has 0 saturated heterocycles. The zero-order chi connectivity index (χ0) is 10.1. The number of nitrogens with zero attached hydrogens (tertiary/aromatic N) is 2. The molecule has 0 radical (unpaired) electrons. The molecular weight excluding hydrogens is 242 g/mol. The molecule has 0 aliphatic carbocycles. The minimum absolute atomic E-state index is 0.571. The lowest BCUT2D eigenvalue weighted by atomic mass is 10.1. The van der Waals surface area contributed by atoms with Gasteiger partial charge >= 0.3 is 0 Å². The van der Waals surface area contributed by atoms with Gasteiger partial charge in [-0.25, -0.2) is 0 Å². The fourth-order valence-electron chi connectivity index (χ4n) is 1.88. The summed E-state index contributed by atoms with van der Waals surface area (Å²) in [5.41, 5.74) is 2.34. The van der Waals surface area contributed by atoms with Crippen LogP contribution in [0.4, 0.5) is 11.4 Å². The second-order valence-electron chi connectivity index (χ2n) is 3.57. The summed E-state index contributed by atoms with van der Waals surface area (Å²) < 4.78 is 1.06. The Morgan fingerprint density at radius 1 is 1.64 bits per heavy atom. The molecule has 0 aromatic carbocycles. The summed E-state index contributed by atoms with van der Waals surface area (Å²) >= 11 is 3.53. The summed E-state index contributed by atoms with van der Waals surface area (Å²) in [5, 5.41) is 3.40. The molecule has 1 unspecified atom stereocenters. The minimum Gasteiger partial charge on any atom is -0.380 e. The van der Waals surface area contributed by atoms with E-state index in [2.05, 4.69) is 45.1 Å². The standard InChI is InChI=1S/C10H14BrN3/c1-3-7-4-13-9-6-12-5-8(11)10(9)14(7)2/h5-7,13H,3-4H2,1-2H3. The van der Waals surface area contributed by atoms with Crippen molar-refractivity contribution in [3.63, 3.8) is 0 Å². The van der Waals surface area contributed by atoms with Crippen molar-refractivity contribution in [2.24, 2.45) is 0 Å².